The molecule has 8 heteroatoms. The maximum absolute atomic E-state index is 13.0. The molecule has 3 rings (SSSR count). The minimum atomic E-state index is -0.0388. The Hall–Kier alpha value is -2.63. The second kappa shape index (κ2) is 10.2. The first-order valence-electron chi connectivity index (χ1n) is 9.35. The van der Waals surface area contributed by atoms with Crippen LogP contribution in [0.4, 0.5) is 5.69 Å². The van der Waals surface area contributed by atoms with Gasteiger partial charge in [0.2, 0.25) is 5.91 Å². The van der Waals surface area contributed by atoms with Crippen LogP contribution in [0.1, 0.15) is 22.4 Å². The van der Waals surface area contributed by atoms with Gasteiger partial charge < -0.3 is 9.47 Å². The number of aromatic nitrogens is 3. The van der Waals surface area contributed by atoms with Gasteiger partial charge in [-0.05, 0) is 55.0 Å². The van der Waals surface area contributed by atoms with E-state index in [0.29, 0.717) is 13.0 Å². The van der Waals surface area contributed by atoms with Crippen LogP contribution in [-0.4, -0.2) is 33.0 Å². The minimum Gasteiger partial charge on any atom is -0.311 e. The molecule has 0 saturated carbocycles. The molecule has 0 bridgehead atoms. The van der Waals surface area contributed by atoms with E-state index in [9.17, 15) is 4.79 Å². The van der Waals surface area contributed by atoms with E-state index in [1.165, 1.54) is 16.6 Å². The van der Waals surface area contributed by atoms with Crippen molar-refractivity contribution in [3.8, 4) is 6.07 Å². The molecule has 0 saturated heterocycles. The molecule has 0 aliphatic heterocycles. The summed E-state index contributed by atoms with van der Waals surface area (Å²) >= 11 is 3.11. The molecule has 0 radical (unpaired) electrons. The summed E-state index contributed by atoms with van der Waals surface area (Å²) in [5, 5.41) is 20.0. The number of thioether (sulfide) groups is 1. The van der Waals surface area contributed by atoms with Gasteiger partial charge in [-0.1, -0.05) is 23.9 Å². The third kappa shape index (κ3) is 5.92. The van der Waals surface area contributed by atoms with Crippen LogP contribution >= 0.6 is 23.1 Å². The summed E-state index contributed by atoms with van der Waals surface area (Å²) in [6.45, 7) is 5.17. The predicted molar refractivity (Wildman–Crippen MR) is 117 cm³/mol. The highest BCUT2D eigenvalue weighted by molar-refractivity contribution is 7.99. The van der Waals surface area contributed by atoms with Crippen LogP contribution in [0, 0.1) is 25.2 Å². The Morgan fingerprint density at radius 3 is 2.79 bits per heavy atom. The fourth-order valence-corrected chi connectivity index (χ4v) is 4.58. The Bertz CT molecular complexity index is 971. The van der Waals surface area contributed by atoms with Crippen molar-refractivity contribution in [3.05, 3.63) is 58.0 Å². The summed E-state index contributed by atoms with van der Waals surface area (Å²) in [5.41, 5.74) is 3.02. The van der Waals surface area contributed by atoms with Crippen LogP contribution in [0.5, 0.6) is 0 Å². The monoisotopic (exact) mass is 425 g/mol. The van der Waals surface area contributed by atoms with E-state index in [-0.39, 0.29) is 11.7 Å². The number of benzene rings is 1. The molecule has 1 amide bonds. The summed E-state index contributed by atoms with van der Waals surface area (Å²) in [7, 11) is 0. The summed E-state index contributed by atoms with van der Waals surface area (Å²) in [6.07, 6.45) is 2.91. The van der Waals surface area contributed by atoms with E-state index >= 15 is 0 Å². The maximum Gasteiger partial charge on any atom is 0.237 e. The first-order valence-corrected chi connectivity index (χ1v) is 11.2. The second-order valence-corrected chi connectivity index (χ2v) is 8.70. The zero-order valence-electron chi connectivity index (χ0n) is 16.5. The molecule has 6 nitrogen and oxygen atoms in total. The average molecular weight is 426 g/mol. The third-order valence-corrected chi connectivity index (χ3v) is 6.25. The standard InChI is InChI=1S/C21H23N5OS2/c1-16-11-17(2)13-18(12-16)26(8-4-7-22)20(27)14-29-21-24-23-15-25(21)9-6-19-5-3-10-28-19/h3,5,10-13,15H,4,6,8-9,14H2,1-2H3. The quantitative estimate of drug-likeness (QED) is 0.480. The lowest BCUT2D eigenvalue weighted by Crippen LogP contribution is -2.33. The Balaban J connectivity index is 1.66. The van der Waals surface area contributed by atoms with E-state index in [2.05, 4.69) is 33.8 Å². The van der Waals surface area contributed by atoms with E-state index in [1.807, 2.05) is 36.6 Å². The van der Waals surface area contributed by atoms with Gasteiger partial charge in [-0.3, -0.25) is 4.79 Å². The number of carbonyl (C=O) groups excluding carboxylic acids is 1. The zero-order chi connectivity index (χ0) is 20.6. The number of hydrogen-bond donors (Lipinski definition) is 0. The summed E-state index contributed by atoms with van der Waals surface area (Å²) in [5.74, 6) is 0.207. The molecular formula is C21H23N5OS2. The summed E-state index contributed by atoms with van der Waals surface area (Å²) < 4.78 is 1.98. The number of carbonyl (C=O) groups is 1. The molecule has 150 valence electrons. The van der Waals surface area contributed by atoms with E-state index in [4.69, 9.17) is 5.26 Å². The normalized spacial score (nSPS) is 10.7. The van der Waals surface area contributed by atoms with Crippen LogP contribution in [0.3, 0.4) is 0 Å². The lowest BCUT2D eigenvalue weighted by atomic mass is 10.1. The Morgan fingerprint density at radius 1 is 1.31 bits per heavy atom. The molecule has 2 heterocycles. The van der Waals surface area contributed by atoms with E-state index in [0.717, 1.165) is 34.9 Å². The van der Waals surface area contributed by atoms with Crippen molar-refractivity contribution < 1.29 is 4.79 Å². The number of rotatable bonds is 9. The molecule has 3 aromatic rings. The number of amides is 1. The molecule has 0 spiro atoms. The van der Waals surface area contributed by atoms with Crippen LogP contribution in [-0.2, 0) is 17.8 Å². The van der Waals surface area contributed by atoms with Gasteiger partial charge in [0, 0.05) is 23.7 Å². The van der Waals surface area contributed by atoms with Crippen molar-refractivity contribution in [3.63, 3.8) is 0 Å². The van der Waals surface area contributed by atoms with Crippen LogP contribution < -0.4 is 4.90 Å². The predicted octanol–water partition coefficient (Wildman–Crippen LogP) is 4.24. The van der Waals surface area contributed by atoms with E-state index < -0.39 is 0 Å². The second-order valence-electron chi connectivity index (χ2n) is 6.72. The number of nitriles is 1. The van der Waals surface area contributed by atoms with Gasteiger partial charge in [-0.15, -0.1) is 21.5 Å². The topological polar surface area (TPSA) is 74.8 Å². The smallest absolute Gasteiger partial charge is 0.237 e. The van der Waals surface area contributed by atoms with Crippen molar-refractivity contribution >= 4 is 34.7 Å². The lowest BCUT2D eigenvalue weighted by molar-refractivity contribution is -0.116. The third-order valence-electron chi connectivity index (χ3n) is 4.35. The van der Waals surface area contributed by atoms with Crippen LogP contribution in [0.25, 0.3) is 0 Å². The molecule has 1 aromatic carbocycles. The molecule has 0 fully saturated rings. The van der Waals surface area contributed by atoms with Gasteiger partial charge in [-0.25, -0.2) is 0 Å². The highest BCUT2D eigenvalue weighted by Gasteiger charge is 2.18. The van der Waals surface area contributed by atoms with Gasteiger partial charge in [0.15, 0.2) is 5.16 Å². The Labute approximate surface area is 179 Å². The highest BCUT2D eigenvalue weighted by Crippen LogP contribution is 2.22. The van der Waals surface area contributed by atoms with Crippen LogP contribution in [0.2, 0.25) is 0 Å². The van der Waals surface area contributed by atoms with Crippen molar-refractivity contribution in [1.82, 2.24) is 14.8 Å². The first-order chi connectivity index (χ1) is 14.1. The average Bonchev–Trinajstić information content (AvgIpc) is 3.36. The highest BCUT2D eigenvalue weighted by atomic mass is 32.2. The number of hydrogen-bond acceptors (Lipinski definition) is 6. The van der Waals surface area contributed by atoms with Crippen molar-refractivity contribution in [2.24, 2.45) is 0 Å². The molecule has 0 unspecified atom stereocenters. The van der Waals surface area contributed by atoms with E-state index in [1.54, 1.807) is 22.6 Å². The molecule has 29 heavy (non-hydrogen) atoms. The van der Waals surface area contributed by atoms with Gasteiger partial charge in [-0.2, -0.15) is 5.26 Å². The summed E-state index contributed by atoms with van der Waals surface area (Å²) in [4.78, 5) is 16.0. The number of nitrogens with zero attached hydrogens (tertiary/aromatic N) is 5. The van der Waals surface area contributed by atoms with Gasteiger partial charge in [0.05, 0.1) is 18.2 Å². The number of anilines is 1. The molecule has 0 N–H and O–H groups in total. The zero-order valence-corrected chi connectivity index (χ0v) is 18.2. The van der Waals surface area contributed by atoms with Crippen molar-refractivity contribution in [2.45, 2.75) is 38.4 Å². The van der Waals surface area contributed by atoms with Crippen molar-refractivity contribution in [2.75, 3.05) is 17.2 Å². The number of aryl methyl sites for hydroxylation is 4. The molecule has 0 aliphatic rings. The molecule has 0 atom stereocenters. The van der Waals surface area contributed by atoms with Gasteiger partial charge in [0.1, 0.15) is 6.33 Å². The van der Waals surface area contributed by atoms with Crippen molar-refractivity contribution in [1.29, 1.82) is 5.26 Å². The first kappa shape index (κ1) is 21.1. The number of thiophene rings is 1. The minimum absolute atomic E-state index is 0.0388. The summed E-state index contributed by atoms with van der Waals surface area (Å²) in [6, 6.07) is 12.3. The fourth-order valence-electron chi connectivity index (χ4n) is 3.07. The van der Waals surface area contributed by atoms with Gasteiger partial charge in [0.25, 0.3) is 0 Å². The van der Waals surface area contributed by atoms with Gasteiger partial charge >= 0.3 is 0 Å². The fraction of sp³-hybridized carbons (Fsp3) is 0.333. The molecule has 2 aromatic heterocycles. The van der Waals surface area contributed by atoms with Crippen LogP contribution in [0.15, 0.2) is 47.2 Å². The maximum atomic E-state index is 13.0. The SMILES string of the molecule is Cc1cc(C)cc(N(CCC#N)C(=O)CSc2nncn2CCc2cccs2)c1. The largest absolute Gasteiger partial charge is 0.311 e. The lowest BCUT2D eigenvalue weighted by Gasteiger charge is -2.22. The molecule has 0 aliphatic carbocycles. The molecular weight excluding hydrogens is 402 g/mol. The Kier molecular flexibility index (Phi) is 7.44. The Morgan fingerprint density at radius 2 is 2.10 bits per heavy atom.